The van der Waals surface area contributed by atoms with Gasteiger partial charge in [0.1, 0.15) is 5.75 Å². The lowest BCUT2D eigenvalue weighted by Crippen LogP contribution is -2.39. The van der Waals surface area contributed by atoms with Gasteiger partial charge in [-0.05, 0) is 44.5 Å². The molecule has 0 amide bonds. The maximum absolute atomic E-state index is 5.92. The van der Waals surface area contributed by atoms with Gasteiger partial charge in [-0.2, -0.15) is 0 Å². The SMILES string of the molecule is CC(C)Oc1ccc(CN=C(N)NCCCN2CCOCC2)cc1. The van der Waals surface area contributed by atoms with Crippen molar-refractivity contribution in [2.45, 2.75) is 32.9 Å². The highest BCUT2D eigenvalue weighted by Gasteiger charge is 2.08. The van der Waals surface area contributed by atoms with E-state index in [0.29, 0.717) is 12.5 Å². The van der Waals surface area contributed by atoms with Crippen molar-refractivity contribution in [3.8, 4) is 5.75 Å². The van der Waals surface area contributed by atoms with Crippen LogP contribution in [-0.2, 0) is 11.3 Å². The first kappa shape index (κ1) is 18.5. The number of guanidine groups is 1. The van der Waals surface area contributed by atoms with E-state index in [1.807, 2.05) is 38.1 Å². The van der Waals surface area contributed by atoms with E-state index in [4.69, 9.17) is 15.2 Å². The summed E-state index contributed by atoms with van der Waals surface area (Å²) in [6.45, 7) is 10.3. The second-order valence-corrected chi connectivity index (χ2v) is 6.25. The molecule has 0 aromatic heterocycles. The van der Waals surface area contributed by atoms with Crippen LogP contribution < -0.4 is 15.8 Å². The molecular formula is C18H30N4O2. The van der Waals surface area contributed by atoms with Gasteiger partial charge in [0, 0.05) is 19.6 Å². The first-order valence-electron chi connectivity index (χ1n) is 8.73. The van der Waals surface area contributed by atoms with Crippen molar-refractivity contribution in [1.29, 1.82) is 0 Å². The van der Waals surface area contributed by atoms with Gasteiger partial charge in [-0.3, -0.25) is 4.90 Å². The summed E-state index contributed by atoms with van der Waals surface area (Å²) in [6.07, 6.45) is 1.24. The molecule has 6 nitrogen and oxygen atoms in total. The topological polar surface area (TPSA) is 72.1 Å². The molecule has 0 bridgehead atoms. The third-order valence-corrected chi connectivity index (χ3v) is 3.79. The van der Waals surface area contributed by atoms with Gasteiger partial charge in [0.25, 0.3) is 0 Å². The van der Waals surface area contributed by atoms with E-state index in [2.05, 4.69) is 15.2 Å². The van der Waals surface area contributed by atoms with Crippen molar-refractivity contribution >= 4 is 5.96 Å². The van der Waals surface area contributed by atoms with Crippen LogP contribution in [0, 0.1) is 0 Å². The monoisotopic (exact) mass is 334 g/mol. The second kappa shape index (κ2) is 10.2. The number of ether oxygens (including phenoxy) is 2. The smallest absolute Gasteiger partial charge is 0.188 e. The molecule has 134 valence electrons. The number of benzene rings is 1. The standard InChI is InChI=1S/C18H30N4O2/c1-15(2)24-17-6-4-16(5-7-17)14-21-18(19)20-8-3-9-22-10-12-23-13-11-22/h4-7,15H,3,8-14H2,1-2H3,(H3,19,20,21). The van der Waals surface area contributed by atoms with E-state index >= 15 is 0 Å². The first-order chi connectivity index (χ1) is 11.6. The van der Waals surface area contributed by atoms with E-state index < -0.39 is 0 Å². The zero-order valence-corrected chi connectivity index (χ0v) is 14.8. The Hall–Kier alpha value is -1.79. The summed E-state index contributed by atoms with van der Waals surface area (Å²) in [4.78, 5) is 6.79. The molecule has 0 radical (unpaired) electrons. The summed E-state index contributed by atoms with van der Waals surface area (Å²) in [5, 5.41) is 3.18. The van der Waals surface area contributed by atoms with Crippen molar-refractivity contribution in [2.24, 2.45) is 10.7 Å². The number of morpholine rings is 1. The molecule has 1 fully saturated rings. The van der Waals surface area contributed by atoms with Gasteiger partial charge in [-0.1, -0.05) is 12.1 Å². The highest BCUT2D eigenvalue weighted by molar-refractivity contribution is 5.77. The number of hydrogen-bond acceptors (Lipinski definition) is 4. The normalized spacial score (nSPS) is 16.4. The molecule has 0 aliphatic carbocycles. The summed E-state index contributed by atoms with van der Waals surface area (Å²) in [7, 11) is 0. The average molecular weight is 334 g/mol. The highest BCUT2D eigenvalue weighted by atomic mass is 16.5. The Bertz CT molecular complexity index is 496. The van der Waals surface area contributed by atoms with Crippen LogP contribution in [0.4, 0.5) is 0 Å². The van der Waals surface area contributed by atoms with Crippen LogP contribution in [0.15, 0.2) is 29.3 Å². The Labute approximate surface area is 145 Å². The van der Waals surface area contributed by atoms with E-state index in [0.717, 1.165) is 57.1 Å². The number of hydrogen-bond donors (Lipinski definition) is 2. The maximum Gasteiger partial charge on any atom is 0.188 e. The second-order valence-electron chi connectivity index (χ2n) is 6.25. The van der Waals surface area contributed by atoms with Gasteiger partial charge < -0.3 is 20.5 Å². The highest BCUT2D eigenvalue weighted by Crippen LogP contribution is 2.14. The Morgan fingerprint density at radius 1 is 1.29 bits per heavy atom. The summed E-state index contributed by atoms with van der Waals surface area (Å²) in [5.74, 6) is 1.38. The minimum Gasteiger partial charge on any atom is -0.491 e. The molecular weight excluding hydrogens is 304 g/mol. The van der Waals surface area contributed by atoms with Gasteiger partial charge >= 0.3 is 0 Å². The number of aliphatic imine (C=N–C) groups is 1. The quantitative estimate of drug-likeness (QED) is 0.429. The predicted octanol–water partition coefficient (Wildman–Crippen LogP) is 1.60. The van der Waals surface area contributed by atoms with Crippen LogP contribution in [-0.4, -0.2) is 56.4 Å². The summed E-state index contributed by atoms with van der Waals surface area (Å²) in [5.41, 5.74) is 7.03. The van der Waals surface area contributed by atoms with Crippen molar-refractivity contribution in [3.05, 3.63) is 29.8 Å². The first-order valence-corrected chi connectivity index (χ1v) is 8.73. The van der Waals surface area contributed by atoms with E-state index in [-0.39, 0.29) is 6.10 Å². The molecule has 2 rings (SSSR count). The molecule has 6 heteroatoms. The molecule has 1 saturated heterocycles. The zero-order chi connectivity index (χ0) is 17.2. The number of nitrogens with zero attached hydrogens (tertiary/aromatic N) is 2. The lowest BCUT2D eigenvalue weighted by Gasteiger charge is -2.26. The Kier molecular flexibility index (Phi) is 7.85. The maximum atomic E-state index is 5.92. The molecule has 1 aromatic rings. The third kappa shape index (κ3) is 7.19. The van der Waals surface area contributed by atoms with Gasteiger partial charge in [0.2, 0.25) is 0 Å². The fourth-order valence-electron chi connectivity index (χ4n) is 2.52. The molecule has 3 N–H and O–H groups in total. The van der Waals surface area contributed by atoms with Crippen LogP contribution in [0.25, 0.3) is 0 Å². The molecule has 1 aliphatic heterocycles. The van der Waals surface area contributed by atoms with E-state index in [1.165, 1.54) is 0 Å². The van der Waals surface area contributed by atoms with Crippen molar-refractivity contribution in [2.75, 3.05) is 39.4 Å². The molecule has 1 aliphatic rings. The number of nitrogens with one attached hydrogen (secondary N) is 1. The molecule has 24 heavy (non-hydrogen) atoms. The fraction of sp³-hybridized carbons (Fsp3) is 0.611. The molecule has 0 saturated carbocycles. The number of rotatable bonds is 8. The molecule has 0 unspecified atom stereocenters. The van der Waals surface area contributed by atoms with Crippen molar-refractivity contribution in [3.63, 3.8) is 0 Å². The fourth-order valence-corrected chi connectivity index (χ4v) is 2.52. The van der Waals surface area contributed by atoms with E-state index in [1.54, 1.807) is 0 Å². The van der Waals surface area contributed by atoms with E-state index in [9.17, 15) is 0 Å². The summed E-state index contributed by atoms with van der Waals surface area (Å²) in [6, 6.07) is 7.98. The summed E-state index contributed by atoms with van der Waals surface area (Å²) >= 11 is 0. The Balaban J connectivity index is 1.63. The lowest BCUT2D eigenvalue weighted by atomic mass is 10.2. The van der Waals surface area contributed by atoms with Crippen LogP contribution in [0.2, 0.25) is 0 Å². The average Bonchev–Trinajstić information content (AvgIpc) is 2.58. The molecule has 0 atom stereocenters. The zero-order valence-electron chi connectivity index (χ0n) is 14.8. The lowest BCUT2D eigenvalue weighted by molar-refractivity contribution is 0.0376. The Morgan fingerprint density at radius 2 is 2.00 bits per heavy atom. The van der Waals surface area contributed by atoms with Crippen LogP contribution >= 0.6 is 0 Å². The van der Waals surface area contributed by atoms with Crippen LogP contribution in [0.5, 0.6) is 5.75 Å². The van der Waals surface area contributed by atoms with Crippen molar-refractivity contribution in [1.82, 2.24) is 10.2 Å². The predicted molar refractivity (Wildman–Crippen MR) is 97.4 cm³/mol. The van der Waals surface area contributed by atoms with Gasteiger partial charge in [-0.25, -0.2) is 4.99 Å². The minimum absolute atomic E-state index is 0.186. The third-order valence-electron chi connectivity index (χ3n) is 3.79. The van der Waals surface area contributed by atoms with Gasteiger partial charge in [0.05, 0.1) is 25.9 Å². The largest absolute Gasteiger partial charge is 0.491 e. The minimum atomic E-state index is 0.186. The molecule has 1 heterocycles. The Morgan fingerprint density at radius 3 is 2.67 bits per heavy atom. The number of nitrogens with two attached hydrogens (primary N) is 1. The van der Waals surface area contributed by atoms with Crippen LogP contribution in [0.3, 0.4) is 0 Å². The molecule has 0 spiro atoms. The van der Waals surface area contributed by atoms with Crippen LogP contribution in [0.1, 0.15) is 25.8 Å². The molecule has 1 aromatic carbocycles. The summed E-state index contributed by atoms with van der Waals surface area (Å²) < 4.78 is 11.0. The van der Waals surface area contributed by atoms with Crippen molar-refractivity contribution < 1.29 is 9.47 Å². The van der Waals surface area contributed by atoms with Gasteiger partial charge in [-0.15, -0.1) is 0 Å². The van der Waals surface area contributed by atoms with Gasteiger partial charge in [0.15, 0.2) is 5.96 Å².